The summed E-state index contributed by atoms with van der Waals surface area (Å²) < 4.78 is 4.53. The molecule has 0 saturated carbocycles. The summed E-state index contributed by atoms with van der Waals surface area (Å²) in [4.78, 5) is 8.56. The van der Waals surface area contributed by atoms with Gasteiger partial charge in [0, 0.05) is 0 Å². The average Bonchev–Trinajstić information content (AvgIpc) is 1.33. The molecule has 0 bridgehead atoms. The Balaban J connectivity index is -0.0000000233. The van der Waals surface area contributed by atoms with E-state index in [0.29, 0.717) is 0 Å². The normalized spacial score (nSPS) is 6.00. The molecule has 0 heterocycles. The second-order valence-corrected chi connectivity index (χ2v) is 3.96. The maximum Gasteiger partial charge on any atom is 1.00 e. The van der Waals surface area contributed by atoms with Crippen LogP contribution in [0.15, 0.2) is 0 Å². The molecule has 0 saturated heterocycles. The number of carboxylic acid groups (broad SMARTS) is 2. The predicted octanol–water partition coefficient (Wildman–Crippen LogP) is -5.10. The average molecular weight is 274 g/mol. The van der Waals surface area contributed by atoms with Crippen molar-refractivity contribution >= 4 is 27.1 Å². The largest absolute Gasteiger partial charge is 1.00 e. The first-order valence-electron chi connectivity index (χ1n) is 1.47. The third kappa shape index (κ3) is 118. The van der Waals surface area contributed by atoms with Crippen LogP contribution in [0.2, 0.25) is 0 Å². The van der Waals surface area contributed by atoms with Crippen LogP contribution in [-0.2, 0) is 4.12 Å². The number of hydrogen-bond acceptors (Lipinski definition) is 2. The Morgan fingerprint density at radius 2 is 1.50 bits per heavy atom. The third-order valence-corrected chi connectivity index (χ3v) is 0. The van der Waals surface area contributed by atoms with Gasteiger partial charge in [-0.25, -0.2) is 4.79 Å². The Morgan fingerprint density at radius 3 is 1.50 bits per heavy atom. The van der Waals surface area contributed by atoms with Crippen LogP contribution >= 0.6 is 0 Å². The van der Waals surface area contributed by atoms with Crippen molar-refractivity contribution in [2.24, 2.45) is 0 Å². The summed E-state index contributed by atoms with van der Waals surface area (Å²) in [7, 11) is 1.86. The topological polar surface area (TPSA) is 66.8 Å². The van der Waals surface area contributed by atoms with Gasteiger partial charge < -0.3 is 15.8 Å². The number of rotatable bonds is 0. The molecule has 0 spiro atoms. The van der Waals surface area contributed by atoms with Crippen molar-refractivity contribution in [3.8, 4) is 0 Å². The van der Waals surface area contributed by atoms with Crippen molar-refractivity contribution in [1.29, 1.82) is 0 Å². The van der Waals surface area contributed by atoms with Gasteiger partial charge in [-0.3, -0.25) is 0 Å². The fraction of sp³-hybridized carbons (Fsp3) is 0. The maximum absolute atomic E-state index is 8.56. The molecule has 0 aromatic carbocycles. The number of carbonyl (C=O) groups is 1. The Hall–Kier alpha value is 1.72. The van der Waals surface area contributed by atoms with Gasteiger partial charge in [-0.15, -0.1) is 0 Å². The molecule has 0 unspecified atom stereocenters. The van der Waals surface area contributed by atoms with E-state index in [-0.39, 0.29) is 70.3 Å². The Morgan fingerprint density at radius 1 is 1.50 bits per heavy atom. The second-order valence-electron chi connectivity index (χ2n) is 0.691. The Labute approximate surface area is 114 Å². The van der Waals surface area contributed by atoms with Gasteiger partial charge in [0.05, 0.1) is 0 Å². The zero-order valence-electron chi connectivity index (χ0n) is 6.21. The number of hydrogen-bond donors (Lipinski definition) is 2. The molecular formula is CH9CsO4Si2. The molecule has 0 amide bonds. The Kier molecular flexibility index (Phi) is 32.5. The van der Waals surface area contributed by atoms with E-state index < -0.39 is 6.16 Å². The van der Waals surface area contributed by atoms with E-state index in [4.69, 9.17) is 15.0 Å². The minimum atomic E-state index is -1.83. The van der Waals surface area contributed by atoms with Crippen molar-refractivity contribution in [2.75, 3.05) is 0 Å². The zero-order valence-corrected chi connectivity index (χ0v) is 15.5. The minimum absolute atomic E-state index is 0. The molecule has 8 heavy (non-hydrogen) atoms. The molecule has 0 atom stereocenters. The molecule has 0 aromatic heterocycles. The zero-order chi connectivity index (χ0) is 6.28. The molecule has 0 rings (SSSR count). The summed E-state index contributed by atoms with van der Waals surface area (Å²) in [6, 6.07) is 0. The summed E-state index contributed by atoms with van der Waals surface area (Å²) >= 11 is 0. The molecule has 4 nitrogen and oxygen atoms in total. The molecule has 0 aliphatic carbocycles. The minimum Gasteiger partial charge on any atom is -1.00 e. The quantitative estimate of drug-likeness (QED) is 0.434. The van der Waals surface area contributed by atoms with Gasteiger partial charge in [0.2, 0.25) is 0 Å². The van der Waals surface area contributed by atoms with Crippen molar-refractivity contribution < 1.29 is 89.4 Å². The summed E-state index contributed by atoms with van der Waals surface area (Å²) in [5.74, 6) is 0. The summed E-state index contributed by atoms with van der Waals surface area (Å²) in [5, 5.41) is 13.9. The van der Waals surface area contributed by atoms with Crippen LogP contribution in [0, 0.1) is 0 Å². The van der Waals surface area contributed by atoms with Crippen LogP contribution in [0.1, 0.15) is 1.43 Å². The van der Waals surface area contributed by atoms with Gasteiger partial charge in [0.1, 0.15) is 21.0 Å². The molecule has 0 aliphatic rings. The van der Waals surface area contributed by atoms with Crippen molar-refractivity contribution in [2.45, 2.75) is 0 Å². The van der Waals surface area contributed by atoms with Crippen LogP contribution in [-0.4, -0.2) is 37.3 Å². The molecule has 0 aromatic rings. The van der Waals surface area contributed by atoms with E-state index in [1.165, 1.54) is 0 Å². The first kappa shape index (κ1) is 16.4. The van der Waals surface area contributed by atoms with Crippen molar-refractivity contribution in [1.82, 2.24) is 0 Å². The van der Waals surface area contributed by atoms with E-state index in [9.17, 15) is 0 Å². The van der Waals surface area contributed by atoms with E-state index in [0.717, 1.165) is 21.0 Å². The predicted molar refractivity (Wildman–Crippen MR) is 32.7 cm³/mol. The SMILES string of the molecule is O=C(O)O.[Cs+].[H-].[SiH3]O[SiH3]. The van der Waals surface area contributed by atoms with E-state index >= 15 is 0 Å². The van der Waals surface area contributed by atoms with Gasteiger partial charge >= 0.3 is 75.0 Å². The van der Waals surface area contributed by atoms with Crippen LogP contribution in [0.5, 0.6) is 0 Å². The third-order valence-electron chi connectivity index (χ3n) is 0. The van der Waals surface area contributed by atoms with E-state index in [1.807, 2.05) is 0 Å². The van der Waals surface area contributed by atoms with E-state index in [1.54, 1.807) is 0 Å². The summed E-state index contributed by atoms with van der Waals surface area (Å²) in [6.45, 7) is 0. The van der Waals surface area contributed by atoms with Gasteiger partial charge in [0.25, 0.3) is 0 Å². The first-order chi connectivity index (χ1) is 3.15. The van der Waals surface area contributed by atoms with Crippen LogP contribution in [0.25, 0.3) is 0 Å². The van der Waals surface area contributed by atoms with Crippen LogP contribution < -0.4 is 68.9 Å². The van der Waals surface area contributed by atoms with Gasteiger partial charge in [-0.1, -0.05) is 0 Å². The standard InChI is InChI=1S/CH2O3.Cs.H6OSi2.H/c2-1(3)4;;2-1-3;/h(H2,2,3,4);;2-3H3;/q;+1;;-1. The molecule has 46 valence electrons. The van der Waals surface area contributed by atoms with Crippen LogP contribution in [0.4, 0.5) is 4.79 Å². The fourth-order valence-electron chi connectivity index (χ4n) is 0. The van der Waals surface area contributed by atoms with Crippen molar-refractivity contribution in [3.05, 3.63) is 0 Å². The molecule has 7 heteroatoms. The summed E-state index contributed by atoms with van der Waals surface area (Å²) in [6.07, 6.45) is -1.83. The second kappa shape index (κ2) is 15.9. The van der Waals surface area contributed by atoms with E-state index in [2.05, 4.69) is 4.12 Å². The Bertz CT molecular complexity index is 49.8. The van der Waals surface area contributed by atoms with Crippen molar-refractivity contribution in [3.63, 3.8) is 0 Å². The van der Waals surface area contributed by atoms with Crippen LogP contribution in [0.3, 0.4) is 0 Å². The monoisotopic (exact) mass is 274 g/mol. The smallest absolute Gasteiger partial charge is 1.00 e. The molecule has 0 aliphatic heterocycles. The van der Waals surface area contributed by atoms with Gasteiger partial charge in [-0.05, 0) is 0 Å². The molecule has 0 radical (unpaired) electrons. The fourth-order valence-corrected chi connectivity index (χ4v) is 0. The van der Waals surface area contributed by atoms with Gasteiger partial charge in [0.15, 0.2) is 0 Å². The van der Waals surface area contributed by atoms with Gasteiger partial charge in [-0.2, -0.15) is 0 Å². The molecule has 0 fully saturated rings. The first-order valence-corrected chi connectivity index (χ1v) is 3.10. The maximum atomic E-state index is 8.56. The summed E-state index contributed by atoms with van der Waals surface area (Å²) in [5.41, 5.74) is 0. The molecule has 2 N–H and O–H groups in total. The molecular weight excluding hydrogens is 265 g/mol.